The van der Waals surface area contributed by atoms with Gasteiger partial charge in [-0.1, -0.05) is 0 Å². The van der Waals surface area contributed by atoms with Gasteiger partial charge < -0.3 is 9.15 Å². The van der Waals surface area contributed by atoms with E-state index in [4.69, 9.17) is 21.4 Å². The Morgan fingerprint density at radius 2 is 2.44 bits per heavy atom. The molecule has 0 bridgehead atoms. The fourth-order valence-corrected chi connectivity index (χ4v) is 2.61. The maximum atomic E-state index is 5.63. The van der Waals surface area contributed by atoms with Gasteiger partial charge in [-0.3, -0.25) is 9.67 Å². The smallest absolute Gasteiger partial charge is 0.198 e. The molecule has 3 rings (SSSR count). The van der Waals surface area contributed by atoms with Crippen molar-refractivity contribution in [3.63, 3.8) is 0 Å². The number of halogens is 1. The maximum Gasteiger partial charge on any atom is 0.198 e. The Morgan fingerprint density at radius 3 is 3.11 bits per heavy atom. The summed E-state index contributed by atoms with van der Waals surface area (Å²) in [5.74, 6) is 1.40. The van der Waals surface area contributed by atoms with Gasteiger partial charge in [-0.15, -0.1) is 0 Å². The number of ether oxygens (including phenoxy) is 1. The Kier molecular flexibility index (Phi) is 3.36. The standard InChI is InChI=1S/C11H12BrN3O2S/c12-9-4-3-8(17-9)10-13-14-11(18)15(10)6-7-2-1-5-16-7/h3-4,7H,1-2,5-6H2,(H,14,18). The first-order chi connectivity index (χ1) is 8.74. The normalized spacial score (nSPS) is 19.5. The molecule has 1 N–H and O–H groups in total. The second-order valence-corrected chi connectivity index (χ2v) is 5.37. The lowest BCUT2D eigenvalue weighted by atomic mass is 10.2. The Hall–Kier alpha value is -0.920. The third-order valence-corrected chi connectivity index (χ3v) is 3.70. The van der Waals surface area contributed by atoms with Crippen molar-refractivity contribution < 1.29 is 9.15 Å². The van der Waals surface area contributed by atoms with E-state index in [0.717, 1.165) is 19.4 Å². The van der Waals surface area contributed by atoms with E-state index >= 15 is 0 Å². The van der Waals surface area contributed by atoms with E-state index in [-0.39, 0.29) is 6.10 Å². The van der Waals surface area contributed by atoms with Crippen LogP contribution < -0.4 is 0 Å². The van der Waals surface area contributed by atoms with E-state index in [9.17, 15) is 0 Å². The molecule has 18 heavy (non-hydrogen) atoms. The molecule has 2 aromatic heterocycles. The lowest BCUT2D eigenvalue weighted by molar-refractivity contribution is 0.0969. The van der Waals surface area contributed by atoms with Crippen molar-refractivity contribution in [2.24, 2.45) is 0 Å². The first-order valence-electron chi connectivity index (χ1n) is 5.76. The fraction of sp³-hybridized carbons (Fsp3) is 0.455. The zero-order chi connectivity index (χ0) is 12.5. The number of nitrogens with zero attached hydrogens (tertiary/aromatic N) is 2. The highest BCUT2D eigenvalue weighted by Crippen LogP contribution is 2.25. The highest BCUT2D eigenvalue weighted by molar-refractivity contribution is 9.10. The summed E-state index contributed by atoms with van der Waals surface area (Å²) in [5, 5.41) is 7.02. The van der Waals surface area contributed by atoms with E-state index < -0.39 is 0 Å². The van der Waals surface area contributed by atoms with Gasteiger partial charge in [0.15, 0.2) is 21.0 Å². The molecule has 0 aromatic carbocycles. The fourth-order valence-electron chi connectivity index (χ4n) is 2.10. The average Bonchev–Trinajstić information content (AvgIpc) is 3.04. The van der Waals surface area contributed by atoms with E-state index in [2.05, 4.69) is 26.1 Å². The van der Waals surface area contributed by atoms with Gasteiger partial charge in [-0.25, -0.2) is 0 Å². The third-order valence-electron chi connectivity index (χ3n) is 2.96. The molecule has 1 atom stereocenters. The number of aromatic nitrogens is 3. The van der Waals surface area contributed by atoms with Crippen LogP contribution in [0.4, 0.5) is 0 Å². The average molecular weight is 330 g/mol. The third kappa shape index (κ3) is 2.30. The predicted octanol–water partition coefficient (Wildman–Crippen LogP) is 3.14. The molecule has 0 radical (unpaired) electrons. The lowest BCUT2D eigenvalue weighted by Crippen LogP contribution is -2.15. The zero-order valence-electron chi connectivity index (χ0n) is 9.56. The number of furan rings is 1. The van der Waals surface area contributed by atoms with Crippen molar-refractivity contribution in [2.75, 3.05) is 6.61 Å². The molecule has 0 spiro atoms. The van der Waals surface area contributed by atoms with E-state index in [1.54, 1.807) is 0 Å². The summed E-state index contributed by atoms with van der Waals surface area (Å²) in [6, 6.07) is 3.70. The largest absolute Gasteiger partial charge is 0.446 e. The van der Waals surface area contributed by atoms with Crippen LogP contribution in [-0.2, 0) is 11.3 Å². The first kappa shape index (κ1) is 12.1. The van der Waals surface area contributed by atoms with Crippen LogP contribution in [0.2, 0.25) is 0 Å². The molecule has 7 heteroatoms. The van der Waals surface area contributed by atoms with E-state index in [1.807, 2.05) is 16.7 Å². The molecule has 0 aliphatic carbocycles. The van der Waals surface area contributed by atoms with Gasteiger partial charge in [0, 0.05) is 6.61 Å². The molecule has 96 valence electrons. The topological polar surface area (TPSA) is 56.0 Å². The molecule has 1 fully saturated rings. The van der Waals surface area contributed by atoms with Gasteiger partial charge in [-0.2, -0.15) is 5.10 Å². The Bertz CT molecular complexity index is 597. The van der Waals surface area contributed by atoms with Crippen molar-refractivity contribution in [3.8, 4) is 11.6 Å². The molecule has 1 aliphatic heterocycles. The van der Waals surface area contributed by atoms with Crippen LogP contribution >= 0.6 is 28.1 Å². The second kappa shape index (κ2) is 4.99. The molecule has 0 amide bonds. The quantitative estimate of drug-likeness (QED) is 0.879. The molecule has 1 saturated heterocycles. The van der Waals surface area contributed by atoms with Crippen molar-refractivity contribution in [1.82, 2.24) is 14.8 Å². The van der Waals surface area contributed by atoms with Gasteiger partial charge in [0.05, 0.1) is 12.6 Å². The molecular formula is C11H12BrN3O2S. The minimum absolute atomic E-state index is 0.214. The second-order valence-electron chi connectivity index (χ2n) is 4.20. The number of aromatic amines is 1. The number of H-pyrrole nitrogens is 1. The molecule has 0 saturated carbocycles. The molecular weight excluding hydrogens is 318 g/mol. The van der Waals surface area contributed by atoms with E-state index in [0.29, 0.717) is 27.6 Å². The number of hydrogen-bond donors (Lipinski definition) is 1. The number of hydrogen-bond acceptors (Lipinski definition) is 4. The minimum atomic E-state index is 0.214. The van der Waals surface area contributed by atoms with Crippen LogP contribution in [0.3, 0.4) is 0 Å². The summed E-state index contributed by atoms with van der Waals surface area (Å²) in [6.07, 6.45) is 2.39. The van der Waals surface area contributed by atoms with Gasteiger partial charge in [0.25, 0.3) is 0 Å². The summed E-state index contributed by atoms with van der Waals surface area (Å²) in [7, 11) is 0. The van der Waals surface area contributed by atoms with Crippen LogP contribution in [-0.4, -0.2) is 27.5 Å². The van der Waals surface area contributed by atoms with E-state index in [1.165, 1.54) is 0 Å². The van der Waals surface area contributed by atoms with Gasteiger partial charge in [0.2, 0.25) is 0 Å². The van der Waals surface area contributed by atoms with Crippen LogP contribution in [0, 0.1) is 4.77 Å². The van der Waals surface area contributed by atoms with Crippen molar-refractivity contribution in [2.45, 2.75) is 25.5 Å². The van der Waals surface area contributed by atoms with Crippen molar-refractivity contribution >= 4 is 28.1 Å². The molecule has 1 aliphatic rings. The minimum Gasteiger partial charge on any atom is -0.446 e. The number of nitrogens with one attached hydrogen (secondary N) is 1. The maximum absolute atomic E-state index is 5.63. The Labute approximate surface area is 117 Å². The van der Waals surface area contributed by atoms with Gasteiger partial charge in [0.1, 0.15) is 0 Å². The SMILES string of the molecule is S=c1[nH]nc(-c2ccc(Br)o2)n1CC1CCCO1. The molecule has 2 aromatic rings. The molecule has 5 nitrogen and oxygen atoms in total. The molecule has 3 heterocycles. The predicted molar refractivity (Wildman–Crippen MR) is 71.8 cm³/mol. The summed E-state index contributed by atoms with van der Waals surface area (Å²) in [6.45, 7) is 1.54. The first-order valence-corrected chi connectivity index (χ1v) is 6.96. The van der Waals surface area contributed by atoms with Crippen molar-refractivity contribution in [3.05, 3.63) is 21.6 Å². The monoisotopic (exact) mass is 329 g/mol. The van der Waals surface area contributed by atoms with Crippen molar-refractivity contribution in [1.29, 1.82) is 0 Å². The Balaban J connectivity index is 1.93. The summed E-state index contributed by atoms with van der Waals surface area (Å²) in [5.41, 5.74) is 0. The Morgan fingerprint density at radius 1 is 1.56 bits per heavy atom. The highest BCUT2D eigenvalue weighted by atomic mass is 79.9. The summed E-state index contributed by atoms with van der Waals surface area (Å²) < 4.78 is 14.3. The van der Waals surface area contributed by atoms with Crippen LogP contribution in [0.25, 0.3) is 11.6 Å². The van der Waals surface area contributed by atoms with Gasteiger partial charge >= 0.3 is 0 Å². The van der Waals surface area contributed by atoms with Crippen LogP contribution in [0.15, 0.2) is 21.2 Å². The number of rotatable bonds is 3. The summed E-state index contributed by atoms with van der Waals surface area (Å²) in [4.78, 5) is 0. The van der Waals surface area contributed by atoms with Crippen LogP contribution in [0.1, 0.15) is 12.8 Å². The lowest BCUT2D eigenvalue weighted by Gasteiger charge is -2.11. The van der Waals surface area contributed by atoms with Gasteiger partial charge in [-0.05, 0) is 53.1 Å². The zero-order valence-corrected chi connectivity index (χ0v) is 12.0. The van der Waals surface area contributed by atoms with Crippen LogP contribution in [0.5, 0.6) is 0 Å². The molecule has 1 unspecified atom stereocenters. The highest BCUT2D eigenvalue weighted by Gasteiger charge is 2.20. The summed E-state index contributed by atoms with van der Waals surface area (Å²) >= 11 is 8.53.